The van der Waals surface area contributed by atoms with Gasteiger partial charge in [0.05, 0.1) is 5.56 Å². The van der Waals surface area contributed by atoms with Crippen LogP contribution in [0.1, 0.15) is 65.9 Å². The van der Waals surface area contributed by atoms with E-state index >= 15 is 4.39 Å². The van der Waals surface area contributed by atoms with Crippen molar-refractivity contribution in [3.63, 3.8) is 0 Å². The number of hydrogen-bond acceptors (Lipinski definition) is 6. The van der Waals surface area contributed by atoms with Crippen molar-refractivity contribution in [2.24, 2.45) is 0 Å². The topological polar surface area (TPSA) is 117 Å². The SMILES string of the molecule is O=C(O)C(F)(F)F.O=C(O)C1CCCN1C(=O)c1cc(C2CC2)c(CN2CCC(Oc3cc(Cl)cc(OC(F)(F)F)c3)CC2)cc1F. The third-order valence-corrected chi connectivity index (χ3v) is 8.05. The molecule has 17 heteroatoms. The second-order valence-electron chi connectivity index (χ2n) is 11.4. The molecule has 0 aromatic heterocycles. The third kappa shape index (κ3) is 10.1. The van der Waals surface area contributed by atoms with Crippen LogP contribution in [-0.4, -0.2) is 82.2 Å². The summed E-state index contributed by atoms with van der Waals surface area (Å²) in [5, 5.41) is 16.6. The van der Waals surface area contributed by atoms with E-state index in [0.29, 0.717) is 51.9 Å². The van der Waals surface area contributed by atoms with E-state index in [4.69, 9.17) is 26.2 Å². The third-order valence-electron chi connectivity index (χ3n) is 7.83. The molecule has 2 heterocycles. The molecule has 2 aromatic carbocycles. The van der Waals surface area contributed by atoms with Crippen LogP contribution in [0.2, 0.25) is 5.02 Å². The Morgan fingerprint density at radius 3 is 2.04 bits per heavy atom. The lowest BCUT2D eigenvalue weighted by molar-refractivity contribution is -0.274. The number of hydrogen-bond donors (Lipinski definition) is 2. The number of alkyl halides is 6. The van der Waals surface area contributed by atoms with Gasteiger partial charge in [-0.2, -0.15) is 13.2 Å². The zero-order valence-corrected chi connectivity index (χ0v) is 25.3. The van der Waals surface area contributed by atoms with Gasteiger partial charge >= 0.3 is 24.5 Å². The van der Waals surface area contributed by atoms with Crippen molar-refractivity contribution >= 4 is 29.4 Å². The number of likely N-dealkylation sites (tertiary alicyclic amines) is 2. The number of carboxylic acids is 2. The second kappa shape index (κ2) is 14.5. The number of carboxylic acid groups (broad SMARTS) is 2. The summed E-state index contributed by atoms with van der Waals surface area (Å²) < 4.78 is 94.6. The van der Waals surface area contributed by atoms with E-state index in [9.17, 15) is 41.0 Å². The van der Waals surface area contributed by atoms with Gasteiger partial charge in [0.25, 0.3) is 5.91 Å². The van der Waals surface area contributed by atoms with E-state index in [1.165, 1.54) is 17.0 Å². The molecule has 3 aliphatic rings. The lowest BCUT2D eigenvalue weighted by atomic mass is 9.97. The highest BCUT2D eigenvalue weighted by Gasteiger charge is 2.39. The minimum Gasteiger partial charge on any atom is -0.490 e. The van der Waals surface area contributed by atoms with E-state index in [0.717, 1.165) is 36.1 Å². The first kappa shape index (κ1) is 36.1. The fourth-order valence-corrected chi connectivity index (χ4v) is 5.76. The first-order chi connectivity index (χ1) is 21.9. The van der Waals surface area contributed by atoms with E-state index in [-0.39, 0.29) is 28.4 Å². The van der Waals surface area contributed by atoms with Crippen molar-refractivity contribution < 1.29 is 64.8 Å². The smallest absolute Gasteiger partial charge is 0.490 e. The van der Waals surface area contributed by atoms with Gasteiger partial charge in [0.2, 0.25) is 0 Å². The van der Waals surface area contributed by atoms with Crippen LogP contribution in [0, 0.1) is 5.82 Å². The molecule has 2 N–H and O–H groups in total. The van der Waals surface area contributed by atoms with Crippen LogP contribution in [0.3, 0.4) is 0 Å². The Morgan fingerprint density at radius 1 is 0.872 bits per heavy atom. The van der Waals surface area contributed by atoms with Gasteiger partial charge in [-0.15, -0.1) is 13.2 Å². The monoisotopic (exact) mass is 698 g/mol. The molecule has 1 unspecified atom stereocenters. The lowest BCUT2D eigenvalue weighted by Gasteiger charge is -2.33. The Kier molecular flexibility index (Phi) is 11.2. The van der Waals surface area contributed by atoms with Crippen LogP contribution in [0.4, 0.5) is 30.7 Å². The van der Waals surface area contributed by atoms with Crippen LogP contribution >= 0.6 is 11.6 Å². The summed E-state index contributed by atoms with van der Waals surface area (Å²) >= 11 is 5.94. The van der Waals surface area contributed by atoms with E-state index in [1.54, 1.807) is 6.07 Å². The lowest BCUT2D eigenvalue weighted by Crippen LogP contribution is -2.41. The maximum absolute atomic E-state index is 15.2. The predicted molar refractivity (Wildman–Crippen MR) is 151 cm³/mol. The maximum Gasteiger partial charge on any atom is 0.573 e. The minimum atomic E-state index is -5.08. The van der Waals surface area contributed by atoms with Crippen LogP contribution in [0.15, 0.2) is 30.3 Å². The van der Waals surface area contributed by atoms with Crippen LogP contribution < -0.4 is 9.47 Å². The number of halogens is 8. The van der Waals surface area contributed by atoms with E-state index < -0.39 is 48.0 Å². The summed E-state index contributed by atoms with van der Waals surface area (Å²) in [6, 6.07) is 5.73. The van der Waals surface area contributed by atoms with Gasteiger partial charge in [-0.05, 0) is 79.8 Å². The molecule has 9 nitrogen and oxygen atoms in total. The van der Waals surface area contributed by atoms with E-state index in [2.05, 4.69) is 9.64 Å². The zero-order chi connectivity index (χ0) is 34.7. The molecule has 1 aliphatic carbocycles. The number of piperidine rings is 1. The molecule has 1 atom stereocenters. The standard InChI is InChI=1S/C28H29ClF4N2O5.C2HF3O2/c29-18-11-20(13-21(12-18)40-28(31,32)33)39-19-5-8-34(9-6-19)15-17-10-24(30)23(14-22(17)16-3-4-16)26(36)35-7-1-2-25(35)27(37)38;3-2(4,5)1(6)7/h10-14,16,19,25H,1-9,15H2,(H,37,38);(H,6,7). The molecule has 0 radical (unpaired) electrons. The van der Waals surface area contributed by atoms with Crippen molar-refractivity contribution in [1.82, 2.24) is 9.80 Å². The fraction of sp³-hybridized carbons (Fsp3) is 0.500. The highest BCUT2D eigenvalue weighted by molar-refractivity contribution is 6.30. The quantitative estimate of drug-likeness (QED) is 0.296. The molecule has 3 fully saturated rings. The second-order valence-corrected chi connectivity index (χ2v) is 11.8. The van der Waals surface area contributed by atoms with Crippen LogP contribution in [0.25, 0.3) is 0 Å². The normalized spacial score (nSPS) is 19.1. The number of carbonyl (C=O) groups is 3. The predicted octanol–water partition coefficient (Wildman–Crippen LogP) is 6.62. The van der Waals surface area contributed by atoms with Gasteiger partial charge in [0.15, 0.2) is 0 Å². The zero-order valence-electron chi connectivity index (χ0n) is 24.5. The van der Waals surface area contributed by atoms with Gasteiger partial charge in [0.1, 0.15) is 29.5 Å². The van der Waals surface area contributed by atoms with Crippen LogP contribution in [0.5, 0.6) is 11.5 Å². The Labute approximate surface area is 268 Å². The summed E-state index contributed by atoms with van der Waals surface area (Å²) in [6.45, 7) is 2.01. The van der Waals surface area contributed by atoms with E-state index in [1.807, 2.05) is 0 Å². The van der Waals surface area contributed by atoms with Crippen molar-refractivity contribution in [2.45, 2.75) is 75.7 Å². The molecule has 1 amide bonds. The summed E-state index contributed by atoms with van der Waals surface area (Å²) in [4.78, 5) is 36.9. The summed E-state index contributed by atoms with van der Waals surface area (Å²) in [6.07, 6.45) is -6.14. The van der Waals surface area contributed by atoms with Crippen molar-refractivity contribution in [3.8, 4) is 11.5 Å². The van der Waals surface area contributed by atoms with Gasteiger partial charge in [-0.1, -0.05) is 11.6 Å². The highest BCUT2D eigenvalue weighted by atomic mass is 35.5. The van der Waals surface area contributed by atoms with Gasteiger partial charge in [0, 0.05) is 37.3 Å². The molecule has 0 spiro atoms. The Hall–Kier alpha value is -3.79. The molecule has 2 aliphatic heterocycles. The average Bonchev–Trinajstić information content (AvgIpc) is 3.67. The van der Waals surface area contributed by atoms with Gasteiger partial charge in [-0.25, -0.2) is 14.0 Å². The number of amides is 1. The Balaban J connectivity index is 0.000000644. The molecule has 2 aromatic rings. The fourth-order valence-electron chi connectivity index (χ4n) is 5.54. The van der Waals surface area contributed by atoms with Gasteiger partial charge < -0.3 is 24.6 Å². The average molecular weight is 699 g/mol. The molecule has 0 bridgehead atoms. The molecule has 258 valence electrons. The number of rotatable bonds is 8. The van der Waals surface area contributed by atoms with Crippen molar-refractivity contribution in [3.05, 3.63) is 57.9 Å². The molecule has 2 saturated heterocycles. The minimum absolute atomic E-state index is 0.0639. The molecule has 5 rings (SSSR count). The number of benzene rings is 2. The van der Waals surface area contributed by atoms with Crippen LogP contribution in [-0.2, 0) is 16.1 Å². The maximum atomic E-state index is 15.2. The highest BCUT2D eigenvalue weighted by Crippen LogP contribution is 2.43. The summed E-state index contributed by atoms with van der Waals surface area (Å²) in [7, 11) is 0. The van der Waals surface area contributed by atoms with Crippen molar-refractivity contribution in [1.29, 1.82) is 0 Å². The Bertz CT molecular complexity index is 1480. The first-order valence-electron chi connectivity index (χ1n) is 14.5. The van der Waals surface area contributed by atoms with Crippen molar-refractivity contribution in [2.75, 3.05) is 19.6 Å². The molecule has 47 heavy (non-hydrogen) atoms. The largest absolute Gasteiger partial charge is 0.573 e. The number of nitrogens with zero attached hydrogens (tertiary/aromatic N) is 2. The summed E-state index contributed by atoms with van der Waals surface area (Å²) in [5.74, 6) is -5.10. The molecule has 1 saturated carbocycles. The number of aliphatic carboxylic acids is 2. The first-order valence-corrected chi connectivity index (χ1v) is 14.9. The number of ether oxygens (including phenoxy) is 2. The van der Waals surface area contributed by atoms with Gasteiger partial charge in [-0.3, -0.25) is 9.69 Å². The Morgan fingerprint density at radius 2 is 1.49 bits per heavy atom. The summed E-state index contributed by atoms with van der Waals surface area (Å²) in [5.41, 5.74) is 1.64. The molecular weight excluding hydrogens is 669 g/mol. The number of carbonyl (C=O) groups excluding carboxylic acids is 1. The molecular formula is C30H30ClF7N2O7.